The molecule has 0 fully saturated rings. The zero-order valence-electron chi connectivity index (χ0n) is 14.4. The molecule has 0 amide bonds. The standard InChI is InChI=1S/C18H16N6O2S/c1-12-3-2-4-13(9-12)16-10-17(24-18(22-16)11-20-23-24)21-14-5-7-15(8-6-14)27(19,25)26/h2-11,21H,1H3,(H2,19,25,26). The molecule has 4 aromatic rings. The van der Waals surface area contributed by atoms with Crippen molar-refractivity contribution in [1.29, 1.82) is 0 Å². The molecule has 27 heavy (non-hydrogen) atoms. The second kappa shape index (κ2) is 6.45. The smallest absolute Gasteiger partial charge is 0.238 e. The van der Waals surface area contributed by atoms with Crippen LogP contribution in [0, 0.1) is 6.92 Å². The molecule has 0 aliphatic carbocycles. The molecule has 0 aliphatic rings. The Kier molecular flexibility index (Phi) is 4.09. The van der Waals surface area contributed by atoms with Crippen LogP contribution in [-0.2, 0) is 10.0 Å². The van der Waals surface area contributed by atoms with Crippen molar-refractivity contribution in [3.63, 3.8) is 0 Å². The first kappa shape index (κ1) is 17.1. The van der Waals surface area contributed by atoms with Crippen LogP contribution in [0.4, 0.5) is 11.5 Å². The van der Waals surface area contributed by atoms with Gasteiger partial charge in [-0.15, -0.1) is 5.10 Å². The van der Waals surface area contributed by atoms with Gasteiger partial charge in [-0.3, -0.25) is 0 Å². The Labute approximate surface area is 155 Å². The number of nitrogens with two attached hydrogens (primary N) is 1. The molecule has 2 aromatic carbocycles. The van der Waals surface area contributed by atoms with E-state index in [1.165, 1.54) is 12.1 Å². The minimum atomic E-state index is -3.73. The molecule has 2 aromatic heterocycles. The Bertz CT molecular complexity index is 1230. The van der Waals surface area contributed by atoms with E-state index < -0.39 is 10.0 Å². The highest BCUT2D eigenvalue weighted by molar-refractivity contribution is 7.89. The van der Waals surface area contributed by atoms with Gasteiger partial charge >= 0.3 is 0 Å². The van der Waals surface area contributed by atoms with E-state index in [4.69, 9.17) is 5.14 Å². The van der Waals surface area contributed by atoms with E-state index >= 15 is 0 Å². The number of aromatic nitrogens is 4. The topological polar surface area (TPSA) is 115 Å². The second-order valence-corrected chi connectivity index (χ2v) is 7.66. The summed E-state index contributed by atoms with van der Waals surface area (Å²) in [6.07, 6.45) is 1.58. The van der Waals surface area contributed by atoms with Gasteiger partial charge in [-0.1, -0.05) is 29.0 Å². The van der Waals surface area contributed by atoms with E-state index in [9.17, 15) is 8.42 Å². The third-order valence-electron chi connectivity index (χ3n) is 4.04. The fourth-order valence-electron chi connectivity index (χ4n) is 2.74. The molecule has 136 valence electrons. The minimum absolute atomic E-state index is 0.0501. The molecule has 9 heteroatoms. The first-order chi connectivity index (χ1) is 12.9. The van der Waals surface area contributed by atoms with Gasteiger partial charge in [-0.25, -0.2) is 18.5 Å². The summed E-state index contributed by atoms with van der Waals surface area (Å²) in [6, 6.07) is 16.1. The molecule has 0 radical (unpaired) electrons. The van der Waals surface area contributed by atoms with E-state index in [0.717, 1.165) is 16.8 Å². The maximum atomic E-state index is 11.4. The number of hydrogen-bond donors (Lipinski definition) is 2. The zero-order valence-corrected chi connectivity index (χ0v) is 15.2. The molecular weight excluding hydrogens is 364 g/mol. The van der Waals surface area contributed by atoms with E-state index in [0.29, 0.717) is 17.2 Å². The number of rotatable bonds is 4. The van der Waals surface area contributed by atoms with Crippen LogP contribution in [0.2, 0.25) is 0 Å². The molecule has 0 spiro atoms. The van der Waals surface area contributed by atoms with Crippen LogP contribution in [0.25, 0.3) is 16.9 Å². The van der Waals surface area contributed by atoms with Crippen LogP contribution >= 0.6 is 0 Å². The average molecular weight is 380 g/mol. The average Bonchev–Trinajstić information content (AvgIpc) is 3.10. The number of aryl methyl sites for hydroxylation is 1. The van der Waals surface area contributed by atoms with Crippen molar-refractivity contribution in [2.45, 2.75) is 11.8 Å². The summed E-state index contributed by atoms with van der Waals surface area (Å²) >= 11 is 0. The Hall–Kier alpha value is -3.30. The highest BCUT2D eigenvalue weighted by atomic mass is 32.2. The van der Waals surface area contributed by atoms with Crippen molar-refractivity contribution in [3.8, 4) is 11.3 Å². The fourth-order valence-corrected chi connectivity index (χ4v) is 3.26. The van der Waals surface area contributed by atoms with Crippen LogP contribution in [0.5, 0.6) is 0 Å². The Morgan fingerprint density at radius 1 is 1.07 bits per heavy atom. The summed E-state index contributed by atoms with van der Waals surface area (Å²) in [6.45, 7) is 2.02. The number of anilines is 2. The summed E-state index contributed by atoms with van der Waals surface area (Å²) in [5.74, 6) is 0.650. The van der Waals surface area contributed by atoms with Gasteiger partial charge in [0.1, 0.15) is 5.82 Å². The van der Waals surface area contributed by atoms with Crippen LogP contribution in [0.1, 0.15) is 5.56 Å². The molecule has 3 N–H and O–H groups in total. The van der Waals surface area contributed by atoms with Gasteiger partial charge in [-0.05, 0) is 37.3 Å². The Morgan fingerprint density at radius 3 is 2.56 bits per heavy atom. The van der Waals surface area contributed by atoms with E-state index in [2.05, 4.69) is 20.6 Å². The molecule has 0 saturated carbocycles. The minimum Gasteiger partial charge on any atom is -0.340 e. The highest BCUT2D eigenvalue weighted by Crippen LogP contribution is 2.25. The molecule has 0 atom stereocenters. The molecular formula is C18H16N6O2S. The van der Waals surface area contributed by atoms with Crippen molar-refractivity contribution < 1.29 is 8.42 Å². The lowest BCUT2D eigenvalue weighted by Gasteiger charge is -2.11. The summed E-state index contributed by atoms with van der Waals surface area (Å²) < 4.78 is 24.4. The van der Waals surface area contributed by atoms with Crippen LogP contribution in [-0.4, -0.2) is 28.2 Å². The number of fused-ring (bicyclic) bond motifs is 1. The predicted octanol–water partition coefficient (Wildman–Crippen LogP) is 2.49. The molecule has 0 aliphatic heterocycles. The second-order valence-electron chi connectivity index (χ2n) is 6.09. The van der Waals surface area contributed by atoms with Gasteiger partial charge in [0.05, 0.1) is 16.8 Å². The largest absolute Gasteiger partial charge is 0.340 e. The highest BCUT2D eigenvalue weighted by Gasteiger charge is 2.11. The SMILES string of the molecule is Cc1cccc(-c2cc(Nc3ccc(S(N)(=O)=O)cc3)n3nncc3n2)c1. The number of nitrogens with one attached hydrogen (secondary N) is 1. The van der Waals surface area contributed by atoms with Crippen molar-refractivity contribution in [1.82, 2.24) is 19.8 Å². The van der Waals surface area contributed by atoms with E-state index in [1.54, 1.807) is 22.8 Å². The van der Waals surface area contributed by atoms with Gasteiger partial charge in [0.25, 0.3) is 0 Å². The summed E-state index contributed by atoms with van der Waals surface area (Å²) in [7, 11) is -3.73. The first-order valence-corrected chi connectivity index (χ1v) is 9.63. The fraction of sp³-hybridized carbons (Fsp3) is 0.0556. The summed E-state index contributed by atoms with van der Waals surface area (Å²) in [4.78, 5) is 4.65. The third-order valence-corrected chi connectivity index (χ3v) is 4.97. The monoisotopic (exact) mass is 380 g/mol. The maximum absolute atomic E-state index is 11.4. The Balaban J connectivity index is 1.76. The van der Waals surface area contributed by atoms with E-state index in [1.807, 2.05) is 37.3 Å². The summed E-state index contributed by atoms with van der Waals surface area (Å²) in [5, 5.41) is 16.3. The van der Waals surface area contributed by atoms with Crippen LogP contribution in [0.3, 0.4) is 0 Å². The number of nitrogens with zero attached hydrogens (tertiary/aromatic N) is 4. The molecule has 0 unspecified atom stereocenters. The van der Waals surface area contributed by atoms with Gasteiger partial charge in [0.15, 0.2) is 5.65 Å². The van der Waals surface area contributed by atoms with Gasteiger partial charge in [-0.2, -0.15) is 4.52 Å². The third kappa shape index (κ3) is 3.50. The lowest BCUT2D eigenvalue weighted by molar-refractivity contribution is 0.598. The zero-order chi connectivity index (χ0) is 19.0. The van der Waals surface area contributed by atoms with Crippen molar-refractivity contribution >= 4 is 27.2 Å². The Morgan fingerprint density at radius 2 is 1.85 bits per heavy atom. The molecule has 0 bridgehead atoms. The number of hydrogen-bond acceptors (Lipinski definition) is 6. The molecule has 2 heterocycles. The predicted molar refractivity (Wildman–Crippen MR) is 102 cm³/mol. The van der Waals surface area contributed by atoms with Gasteiger partial charge < -0.3 is 5.32 Å². The maximum Gasteiger partial charge on any atom is 0.238 e. The van der Waals surface area contributed by atoms with Gasteiger partial charge in [0, 0.05) is 17.3 Å². The van der Waals surface area contributed by atoms with Crippen molar-refractivity contribution in [2.75, 3.05) is 5.32 Å². The van der Waals surface area contributed by atoms with Crippen molar-refractivity contribution in [3.05, 3.63) is 66.4 Å². The lowest BCUT2D eigenvalue weighted by Crippen LogP contribution is -2.11. The number of primary sulfonamides is 1. The normalized spacial score (nSPS) is 11.6. The van der Waals surface area contributed by atoms with Gasteiger partial charge in [0.2, 0.25) is 10.0 Å². The summed E-state index contributed by atoms with van der Waals surface area (Å²) in [5.41, 5.74) is 4.16. The first-order valence-electron chi connectivity index (χ1n) is 8.08. The van der Waals surface area contributed by atoms with Crippen molar-refractivity contribution in [2.24, 2.45) is 5.14 Å². The molecule has 8 nitrogen and oxygen atoms in total. The molecule has 4 rings (SSSR count). The number of sulfonamides is 1. The molecule has 0 saturated heterocycles. The van der Waals surface area contributed by atoms with Crippen LogP contribution < -0.4 is 10.5 Å². The van der Waals surface area contributed by atoms with Crippen LogP contribution in [0.15, 0.2) is 65.7 Å². The van der Waals surface area contributed by atoms with E-state index in [-0.39, 0.29) is 4.90 Å². The number of benzene rings is 2. The quantitative estimate of drug-likeness (QED) is 0.562. The lowest BCUT2D eigenvalue weighted by atomic mass is 10.1.